The highest BCUT2D eigenvalue weighted by Crippen LogP contribution is 2.28. The van der Waals surface area contributed by atoms with Gasteiger partial charge in [0.2, 0.25) is 0 Å². The number of pyridine rings is 1. The largest absolute Gasteiger partial charge is 0.491 e. The van der Waals surface area contributed by atoms with Crippen molar-refractivity contribution >= 4 is 11.8 Å². The van der Waals surface area contributed by atoms with Crippen LogP contribution in [0.3, 0.4) is 0 Å². The molecule has 5 aromatic rings. The van der Waals surface area contributed by atoms with Gasteiger partial charge in [0.05, 0.1) is 6.10 Å². The molecule has 0 amide bonds. The van der Waals surface area contributed by atoms with E-state index in [9.17, 15) is 5.11 Å². The molecule has 7 heteroatoms. The predicted molar refractivity (Wildman–Crippen MR) is 139 cm³/mol. The summed E-state index contributed by atoms with van der Waals surface area (Å²) >= 11 is 1.44. The maximum Gasteiger partial charge on any atom is 0.196 e. The summed E-state index contributed by atoms with van der Waals surface area (Å²) in [5, 5.41) is 20.1. The number of rotatable bonds is 9. The Kier molecular flexibility index (Phi) is 7.17. The molecule has 1 N–H and O–H groups in total. The number of nitrogens with zero attached hydrogens (tertiary/aromatic N) is 4. The predicted octanol–water partition coefficient (Wildman–Crippen LogP) is 5.53. The monoisotopic (exact) mass is 480 g/mol. The van der Waals surface area contributed by atoms with Crippen LogP contribution in [0.1, 0.15) is 0 Å². The molecule has 35 heavy (non-hydrogen) atoms. The van der Waals surface area contributed by atoms with Crippen LogP contribution in [-0.4, -0.2) is 43.3 Å². The van der Waals surface area contributed by atoms with Crippen molar-refractivity contribution in [3.05, 3.63) is 109 Å². The maximum atomic E-state index is 10.6. The Hall–Kier alpha value is -3.94. The fraction of sp³-hybridized carbons (Fsp3) is 0.107. The molecule has 1 atom stereocenters. The minimum absolute atomic E-state index is 0.187. The first kappa shape index (κ1) is 22.8. The van der Waals surface area contributed by atoms with Gasteiger partial charge >= 0.3 is 0 Å². The molecule has 0 aliphatic heterocycles. The molecule has 0 aliphatic rings. The number of ether oxygens (including phenoxy) is 1. The molecule has 0 bridgehead atoms. The average Bonchev–Trinajstić information content (AvgIpc) is 3.36. The molecular formula is C28H24N4O2S. The molecule has 2 aromatic heterocycles. The summed E-state index contributed by atoms with van der Waals surface area (Å²) in [4.78, 5) is 4.21. The summed E-state index contributed by atoms with van der Waals surface area (Å²) < 4.78 is 7.81. The van der Waals surface area contributed by atoms with Crippen molar-refractivity contribution in [3.63, 3.8) is 0 Å². The van der Waals surface area contributed by atoms with E-state index in [0.717, 1.165) is 28.1 Å². The Morgan fingerprint density at radius 1 is 0.771 bits per heavy atom. The van der Waals surface area contributed by atoms with E-state index < -0.39 is 6.10 Å². The first-order valence-electron chi connectivity index (χ1n) is 11.3. The van der Waals surface area contributed by atoms with Crippen molar-refractivity contribution in [2.75, 3.05) is 12.4 Å². The van der Waals surface area contributed by atoms with Gasteiger partial charge in [-0.05, 0) is 47.5 Å². The van der Waals surface area contributed by atoms with E-state index in [1.54, 1.807) is 12.4 Å². The Morgan fingerprint density at radius 2 is 1.46 bits per heavy atom. The van der Waals surface area contributed by atoms with E-state index in [-0.39, 0.29) is 6.61 Å². The minimum Gasteiger partial charge on any atom is -0.491 e. The van der Waals surface area contributed by atoms with Crippen molar-refractivity contribution in [1.29, 1.82) is 0 Å². The molecule has 0 spiro atoms. The van der Waals surface area contributed by atoms with Gasteiger partial charge in [0, 0.05) is 29.4 Å². The SMILES string of the molecule is OC(COc1ccc(-c2ccccc2)cc1)CSc1nnc(-c2cccnc2)n1-c1ccccc1. The van der Waals surface area contributed by atoms with Gasteiger partial charge in [-0.15, -0.1) is 10.2 Å². The number of aromatic nitrogens is 4. The molecule has 6 nitrogen and oxygen atoms in total. The van der Waals surface area contributed by atoms with Crippen LogP contribution in [0.25, 0.3) is 28.2 Å². The third kappa shape index (κ3) is 5.59. The molecule has 3 aromatic carbocycles. The lowest BCUT2D eigenvalue weighted by Crippen LogP contribution is -2.20. The normalized spacial score (nSPS) is 11.8. The van der Waals surface area contributed by atoms with Crippen LogP contribution in [-0.2, 0) is 0 Å². The highest BCUT2D eigenvalue weighted by Gasteiger charge is 2.17. The van der Waals surface area contributed by atoms with Crippen LogP contribution in [0.5, 0.6) is 5.75 Å². The van der Waals surface area contributed by atoms with E-state index in [4.69, 9.17) is 4.74 Å². The summed E-state index contributed by atoms with van der Waals surface area (Å²) in [6.07, 6.45) is 2.83. The lowest BCUT2D eigenvalue weighted by atomic mass is 10.1. The Labute approximate surface area is 208 Å². The molecule has 0 aliphatic carbocycles. The van der Waals surface area contributed by atoms with Gasteiger partial charge in [-0.2, -0.15) is 0 Å². The lowest BCUT2D eigenvalue weighted by molar-refractivity contribution is 0.126. The number of thioether (sulfide) groups is 1. The van der Waals surface area contributed by atoms with Crippen LogP contribution in [0, 0.1) is 0 Å². The van der Waals surface area contributed by atoms with Crippen molar-refractivity contribution in [2.45, 2.75) is 11.3 Å². The smallest absolute Gasteiger partial charge is 0.196 e. The van der Waals surface area contributed by atoms with Gasteiger partial charge in [-0.25, -0.2) is 0 Å². The van der Waals surface area contributed by atoms with E-state index in [2.05, 4.69) is 27.3 Å². The average molecular weight is 481 g/mol. The van der Waals surface area contributed by atoms with Gasteiger partial charge in [-0.3, -0.25) is 9.55 Å². The summed E-state index contributed by atoms with van der Waals surface area (Å²) in [6.45, 7) is 0.187. The van der Waals surface area contributed by atoms with E-state index >= 15 is 0 Å². The number of hydrogen-bond donors (Lipinski definition) is 1. The number of para-hydroxylation sites is 1. The fourth-order valence-corrected chi connectivity index (χ4v) is 4.50. The van der Waals surface area contributed by atoms with Gasteiger partial charge < -0.3 is 9.84 Å². The van der Waals surface area contributed by atoms with Crippen LogP contribution in [0.15, 0.2) is 115 Å². The summed E-state index contributed by atoms with van der Waals surface area (Å²) in [6, 6.07) is 31.8. The Morgan fingerprint density at radius 3 is 2.17 bits per heavy atom. The van der Waals surface area contributed by atoms with E-state index in [1.807, 2.05) is 89.5 Å². The van der Waals surface area contributed by atoms with Crippen molar-refractivity contribution in [2.24, 2.45) is 0 Å². The zero-order valence-corrected chi connectivity index (χ0v) is 19.8. The van der Waals surface area contributed by atoms with Crippen LogP contribution < -0.4 is 4.74 Å². The van der Waals surface area contributed by atoms with Gasteiger partial charge in [0.15, 0.2) is 11.0 Å². The van der Waals surface area contributed by atoms with Crippen LogP contribution in [0.4, 0.5) is 0 Å². The lowest BCUT2D eigenvalue weighted by Gasteiger charge is -2.14. The Bertz CT molecular complexity index is 1340. The second-order valence-corrected chi connectivity index (χ2v) is 8.87. The van der Waals surface area contributed by atoms with Crippen molar-refractivity contribution in [1.82, 2.24) is 19.7 Å². The fourth-order valence-electron chi connectivity index (χ4n) is 3.64. The van der Waals surface area contributed by atoms with Crippen molar-refractivity contribution < 1.29 is 9.84 Å². The Balaban J connectivity index is 1.24. The minimum atomic E-state index is -0.670. The van der Waals surface area contributed by atoms with Gasteiger partial charge in [0.25, 0.3) is 0 Å². The number of benzene rings is 3. The first-order chi connectivity index (χ1) is 17.3. The quantitative estimate of drug-likeness (QED) is 0.280. The molecule has 2 heterocycles. The van der Waals surface area contributed by atoms with E-state index in [1.165, 1.54) is 11.8 Å². The summed E-state index contributed by atoms with van der Waals surface area (Å²) in [7, 11) is 0. The van der Waals surface area contributed by atoms with Crippen LogP contribution in [0.2, 0.25) is 0 Å². The van der Waals surface area contributed by atoms with E-state index in [0.29, 0.717) is 16.7 Å². The number of aliphatic hydroxyl groups is 1. The molecule has 174 valence electrons. The topological polar surface area (TPSA) is 73.1 Å². The zero-order valence-electron chi connectivity index (χ0n) is 18.9. The molecule has 0 saturated carbocycles. The third-order valence-electron chi connectivity index (χ3n) is 5.38. The van der Waals surface area contributed by atoms with Crippen molar-refractivity contribution in [3.8, 4) is 34.0 Å². The molecule has 0 saturated heterocycles. The summed E-state index contributed by atoms with van der Waals surface area (Å²) in [5.74, 6) is 1.84. The second-order valence-electron chi connectivity index (χ2n) is 7.89. The number of hydrogen-bond acceptors (Lipinski definition) is 6. The summed E-state index contributed by atoms with van der Waals surface area (Å²) in [5.41, 5.74) is 4.10. The highest BCUT2D eigenvalue weighted by atomic mass is 32.2. The second kappa shape index (κ2) is 11.0. The molecule has 0 fully saturated rings. The molecule has 5 rings (SSSR count). The first-order valence-corrected chi connectivity index (χ1v) is 12.3. The maximum absolute atomic E-state index is 10.6. The van der Waals surface area contributed by atoms with Crippen LogP contribution >= 0.6 is 11.8 Å². The molecule has 0 radical (unpaired) electrons. The van der Waals surface area contributed by atoms with Gasteiger partial charge in [-0.1, -0.05) is 72.4 Å². The standard InChI is InChI=1S/C28H24N4O2S/c33-25(19-34-26-15-13-22(14-16-26)21-8-3-1-4-9-21)20-35-28-31-30-27(23-10-7-17-29-18-23)32(28)24-11-5-2-6-12-24/h1-18,25,33H,19-20H2. The number of aliphatic hydroxyl groups excluding tert-OH is 1. The van der Waals surface area contributed by atoms with Gasteiger partial charge in [0.1, 0.15) is 12.4 Å². The highest BCUT2D eigenvalue weighted by molar-refractivity contribution is 7.99. The zero-order chi connectivity index (χ0) is 23.9. The molecule has 1 unspecified atom stereocenters. The third-order valence-corrected chi connectivity index (χ3v) is 6.45. The molecular weight excluding hydrogens is 456 g/mol.